The molecule has 0 fully saturated rings. The van der Waals surface area contributed by atoms with Gasteiger partial charge in [0.25, 0.3) is 0 Å². The Hall–Kier alpha value is -0.300. The number of carbonyl (C=O) groups excluding carboxylic acids is 1. The number of hydrogen-bond donors (Lipinski definition) is 1. The zero-order chi connectivity index (χ0) is 11.3. The van der Waals surface area contributed by atoms with E-state index in [0.29, 0.717) is 17.5 Å². The van der Waals surface area contributed by atoms with Gasteiger partial charge in [0, 0.05) is 21.4 Å². The van der Waals surface area contributed by atoms with Gasteiger partial charge in [-0.1, -0.05) is 6.92 Å². The molecule has 0 aliphatic carbocycles. The highest BCUT2D eigenvalue weighted by Gasteiger charge is 2.08. The van der Waals surface area contributed by atoms with E-state index in [1.165, 1.54) is 0 Å². The number of halogens is 1. The second-order valence-corrected chi connectivity index (χ2v) is 5.68. The second kappa shape index (κ2) is 6.32. The zero-order valence-electron chi connectivity index (χ0n) is 8.66. The minimum Gasteiger partial charge on any atom is -0.311 e. The van der Waals surface area contributed by atoms with Gasteiger partial charge in [-0.05, 0) is 41.0 Å². The van der Waals surface area contributed by atoms with Crippen molar-refractivity contribution < 1.29 is 4.79 Å². The number of amides is 1. The summed E-state index contributed by atoms with van der Waals surface area (Å²) in [5.74, 6) is 0.638. The molecule has 5 heteroatoms. The minimum atomic E-state index is 0.0190. The van der Waals surface area contributed by atoms with Crippen LogP contribution in [0.3, 0.4) is 0 Å². The monoisotopic (exact) mass is 336 g/mol. The molecule has 1 rings (SSSR count). The minimum absolute atomic E-state index is 0.0190. The summed E-state index contributed by atoms with van der Waals surface area (Å²) in [6.45, 7) is 2.03. The standard InChI is InChI=1S/C10H13IN2OS/c1-7(15-2)5-10(14)13-9-4-3-8(11)6-12-9/h3-4,6-7H,5H2,1-2H3,(H,12,13,14). The van der Waals surface area contributed by atoms with Crippen molar-refractivity contribution in [3.63, 3.8) is 0 Å². The number of nitrogens with zero attached hydrogens (tertiary/aromatic N) is 1. The highest BCUT2D eigenvalue weighted by molar-refractivity contribution is 14.1. The van der Waals surface area contributed by atoms with Gasteiger partial charge < -0.3 is 5.32 Å². The summed E-state index contributed by atoms with van der Waals surface area (Å²) in [7, 11) is 0. The third-order valence-electron chi connectivity index (χ3n) is 1.87. The number of thioether (sulfide) groups is 1. The molecular formula is C10H13IN2OS. The highest BCUT2D eigenvalue weighted by Crippen LogP contribution is 2.12. The molecule has 0 aliphatic rings. The van der Waals surface area contributed by atoms with E-state index in [2.05, 4.69) is 32.9 Å². The Morgan fingerprint density at radius 3 is 2.93 bits per heavy atom. The Bertz CT molecular complexity index is 329. The normalized spacial score (nSPS) is 12.2. The lowest BCUT2D eigenvalue weighted by Gasteiger charge is -2.08. The van der Waals surface area contributed by atoms with E-state index in [-0.39, 0.29) is 5.91 Å². The third kappa shape index (κ3) is 4.83. The molecule has 1 amide bonds. The molecule has 1 aromatic heterocycles. The molecule has 1 aromatic rings. The van der Waals surface area contributed by atoms with Gasteiger partial charge in [-0.3, -0.25) is 4.79 Å². The predicted molar refractivity (Wildman–Crippen MR) is 73.2 cm³/mol. The average molecular weight is 336 g/mol. The first-order valence-corrected chi connectivity index (χ1v) is 6.92. The van der Waals surface area contributed by atoms with Gasteiger partial charge in [0.2, 0.25) is 5.91 Å². The van der Waals surface area contributed by atoms with Crippen LogP contribution in [0.2, 0.25) is 0 Å². The van der Waals surface area contributed by atoms with Crippen LogP contribution in [0.1, 0.15) is 13.3 Å². The first kappa shape index (κ1) is 12.8. The maximum Gasteiger partial charge on any atom is 0.226 e. The maximum absolute atomic E-state index is 11.5. The SMILES string of the molecule is CSC(C)CC(=O)Nc1ccc(I)cn1. The molecule has 1 N–H and O–H groups in total. The summed E-state index contributed by atoms with van der Waals surface area (Å²) in [5, 5.41) is 3.11. The lowest BCUT2D eigenvalue weighted by Crippen LogP contribution is -2.16. The van der Waals surface area contributed by atoms with E-state index in [9.17, 15) is 4.79 Å². The Morgan fingerprint density at radius 1 is 1.67 bits per heavy atom. The summed E-state index contributed by atoms with van der Waals surface area (Å²) in [5.41, 5.74) is 0. The van der Waals surface area contributed by atoms with Crippen LogP contribution in [0.4, 0.5) is 5.82 Å². The van der Waals surface area contributed by atoms with Crippen LogP contribution in [0.15, 0.2) is 18.3 Å². The van der Waals surface area contributed by atoms with E-state index in [1.807, 2.05) is 25.3 Å². The molecule has 0 saturated carbocycles. The van der Waals surface area contributed by atoms with E-state index in [1.54, 1.807) is 18.0 Å². The first-order chi connectivity index (χ1) is 7.11. The maximum atomic E-state index is 11.5. The van der Waals surface area contributed by atoms with Crippen LogP contribution in [-0.2, 0) is 4.79 Å². The zero-order valence-corrected chi connectivity index (χ0v) is 11.6. The van der Waals surface area contributed by atoms with Gasteiger partial charge in [-0.25, -0.2) is 4.98 Å². The van der Waals surface area contributed by atoms with Gasteiger partial charge in [0.1, 0.15) is 5.82 Å². The average Bonchev–Trinajstić information content (AvgIpc) is 2.21. The van der Waals surface area contributed by atoms with Crippen molar-refractivity contribution in [1.29, 1.82) is 0 Å². The lowest BCUT2D eigenvalue weighted by atomic mass is 10.3. The van der Waals surface area contributed by atoms with Crippen LogP contribution in [-0.4, -0.2) is 22.4 Å². The summed E-state index contributed by atoms with van der Waals surface area (Å²) < 4.78 is 1.06. The molecule has 0 spiro atoms. The fraction of sp³-hybridized carbons (Fsp3) is 0.400. The first-order valence-electron chi connectivity index (χ1n) is 4.56. The van der Waals surface area contributed by atoms with Gasteiger partial charge in [-0.2, -0.15) is 11.8 Å². The Balaban J connectivity index is 2.48. The number of rotatable bonds is 4. The van der Waals surface area contributed by atoms with Gasteiger partial charge in [-0.15, -0.1) is 0 Å². The Labute approximate surface area is 108 Å². The third-order valence-corrected chi connectivity index (χ3v) is 3.48. The van der Waals surface area contributed by atoms with Crippen LogP contribution in [0, 0.1) is 3.57 Å². The summed E-state index contributed by atoms with van der Waals surface area (Å²) in [4.78, 5) is 15.6. The van der Waals surface area contributed by atoms with E-state index in [0.717, 1.165) is 3.57 Å². The number of aromatic nitrogens is 1. The molecule has 1 heterocycles. The smallest absolute Gasteiger partial charge is 0.226 e. The van der Waals surface area contributed by atoms with Crippen LogP contribution < -0.4 is 5.32 Å². The van der Waals surface area contributed by atoms with Crippen molar-refractivity contribution >= 4 is 46.1 Å². The number of nitrogens with one attached hydrogen (secondary N) is 1. The van der Waals surface area contributed by atoms with Crippen LogP contribution in [0.25, 0.3) is 0 Å². The molecule has 0 aromatic carbocycles. The molecular weight excluding hydrogens is 323 g/mol. The van der Waals surface area contributed by atoms with Gasteiger partial charge in [0.05, 0.1) is 0 Å². The number of carbonyl (C=O) groups is 1. The fourth-order valence-electron chi connectivity index (χ4n) is 0.988. The van der Waals surface area contributed by atoms with E-state index in [4.69, 9.17) is 0 Å². The number of hydrogen-bond acceptors (Lipinski definition) is 3. The van der Waals surface area contributed by atoms with Crippen LogP contribution in [0.5, 0.6) is 0 Å². The van der Waals surface area contributed by atoms with Crippen molar-refractivity contribution in [3.05, 3.63) is 21.9 Å². The molecule has 82 valence electrons. The van der Waals surface area contributed by atoms with Gasteiger partial charge in [0.15, 0.2) is 0 Å². The summed E-state index contributed by atoms with van der Waals surface area (Å²) in [6, 6.07) is 3.73. The predicted octanol–water partition coefficient (Wildman–Crippen LogP) is 2.77. The summed E-state index contributed by atoms with van der Waals surface area (Å²) in [6.07, 6.45) is 4.25. The molecule has 0 aliphatic heterocycles. The van der Waals surface area contributed by atoms with Crippen molar-refractivity contribution in [2.24, 2.45) is 0 Å². The fourth-order valence-corrected chi connectivity index (χ4v) is 1.63. The molecule has 1 unspecified atom stereocenters. The molecule has 1 atom stereocenters. The summed E-state index contributed by atoms with van der Waals surface area (Å²) >= 11 is 3.86. The quantitative estimate of drug-likeness (QED) is 0.860. The second-order valence-electron chi connectivity index (χ2n) is 3.16. The Kier molecular flexibility index (Phi) is 5.38. The van der Waals surface area contributed by atoms with Crippen molar-refractivity contribution in [2.75, 3.05) is 11.6 Å². The largest absolute Gasteiger partial charge is 0.311 e. The van der Waals surface area contributed by atoms with Crippen molar-refractivity contribution in [2.45, 2.75) is 18.6 Å². The van der Waals surface area contributed by atoms with E-state index < -0.39 is 0 Å². The van der Waals surface area contributed by atoms with Crippen molar-refractivity contribution in [1.82, 2.24) is 4.98 Å². The molecule has 0 radical (unpaired) electrons. The Morgan fingerprint density at radius 2 is 2.40 bits per heavy atom. The highest BCUT2D eigenvalue weighted by atomic mass is 127. The molecule has 15 heavy (non-hydrogen) atoms. The van der Waals surface area contributed by atoms with Crippen molar-refractivity contribution in [3.8, 4) is 0 Å². The van der Waals surface area contributed by atoms with Crippen LogP contribution >= 0.6 is 34.4 Å². The van der Waals surface area contributed by atoms with E-state index >= 15 is 0 Å². The number of anilines is 1. The molecule has 3 nitrogen and oxygen atoms in total. The molecule has 0 saturated heterocycles. The molecule has 0 bridgehead atoms. The number of pyridine rings is 1. The van der Waals surface area contributed by atoms with Gasteiger partial charge >= 0.3 is 0 Å². The topological polar surface area (TPSA) is 42.0 Å². The lowest BCUT2D eigenvalue weighted by molar-refractivity contribution is -0.116.